The lowest BCUT2D eigenvalue weighted by atomic mass is 10.3. The van der Waals surface area contributed by atoms with E-state index in [-0.39, 0.29) is 27.1 Å². The average Bonchev–Trinajstić information content (AvgIpc) is 2.19. The van der Waals surface area contributed by atoms with Crippen molar-refractivity contribution in [3.63, 3.8) is 0 Å². The van der Waals surface area contributed by atoms with Crippen molar-refractivity contribution < 1.29 is 19.7 Å². The van der Waals surface area contributed by atoms with Gasteiger partial charge in [0.2, 0.25) is 0 Å². The maximum atomic E-state index is 8.73. The van der Waals surface area contributed by atoms with Crippen LogP contribution in [0.15, 0.2) is 0 Å². The molecule has 0 aliphatic rings. The normalized spacial score (nSPS) is 12.4. The van der Waals surface area contributed by atoms with Crippen molar-refractivity contribution >= 4 is 0 Å². The van der Waals surface area contributed by atoms with E-state index in [0.717, 1.165) is 12.8 Å². The van der Waals surface area contributed by atoms with Gasteiger partial charge in [-0.05, 0) is 12.8 Å². The van der Waals surface area contributed by atoms with Crippen LogP contribution in [0.1, 0.15) is 41.5 Å². The molecule has 0 aromatic rings. The van der Waals surface area contributed by atoms with Crippen molar-refractivity contribution in [1.82, 2.24) is 0 Å². The summed E-state index contributed by atoms with van der Waals surface area (Å²) >= 11 is 0. The van der Waals surface area contributed by atoms with E-state index in [2.05, 4.69) is 9.47 Å². The summed E-state index contributed by atoms with van der Waals surface area (Å²) in [5.74, 6) is 0. The monoisotopic (exact) mass is 240 g/mol. The molecule has 0 radical (unpaired) electrons. The van der Waals surface area contributed by atoms with Gasteiger partial charge in [0.05, 0.1) is 25.4 Å². The molecule has 0 aromatic carbocycles. The molecule has 0 aliphatic heterocycles. The molecular formula is C12H32O4. The second-order valence-electron chi connectivity index (χ2n) is 3.03. The van der Waals surface area contributed by atoms with Crippen LogP contribution in [0.3, 0.4) is 0 Å². The highest BCUT2D eigenvalue weighted by molar-refractivity contribution is 4.46. The molecule has 0 rings (SSSR count). The zero-order chi connectivity index (χ0) is 11.4. The van der Waals surface area contributed by atoms with E-state index in [1.807, 2.05) is 13.8 Å². The van der Waals surface area contributed by atoms with Gasteiger partial charge in [0.25, 0.3) is 0 Å². The van der Waals surface area contributed by atoms with E-state index in [4.69, 9.17) is 10.2 Å². The van der Waals surface area contributed by atoms with E-state index in [1.54, 1.807) is 14.2 Å². The summed E-state index contributed by atoms with van der Waals surface area (Å²) in [7, 11) is 3.16. The van der Waals surface area contributed by atoms with Crippen LogP contribution in [0.25, 0.3) is 0 Å². The Morgan fingerprint density at radius 3 is 1.12 bits per heavy atom. The van der Waals surface area contributed by atoms with Gasteiger partial charge in [-0.3, -0.25) is 0 Å². The minimum Gasteiger partial charge on any atom is -0.391 e. The highest BCUT2D eigenvalue weighted by Gasteiger charge is 1.95. The van der Waals surface area contributed by atoms with Crippen LogP contribution in [0.5, 0.6) is 0 Å². The fourth-order valence-electron chi connectivity index (χ4n) is 0.620. The predicted octanol–water partition coefficient (Wildman–Crippen LogP) is 2.08. The molecule has 0 spiro atoms. The first kappa shape index (κ1) is 24.9. The lowest BCUT2D eigenvalue weighted by molar-refractivity contribution is 0.0624. The maximum Gasteiger partial charge on any atom is 0.0770 e. The Bertz CT molecular complexity index is 87.0. The first-order chi connectivity index (χ1) is 6.62. The quantitative estimate of drug-likeness (QED) is 0.746. The Kier molecular flexibility index (Phi) is 31.5. The van der Waals surface area contributed by atoms with Gasteiger partial charge in [0.1, 0.15) is 0 Å². The highest BCUT2D eigenvalue weighted by atomic mass is 16.5. The molecular weight excluding hydrogens is 208 g/mol. The second-order valence-corrected chi connectivity index (χ2v) is 3.03. The number of hydrogen-bond donors (Lipinski definition) is 2. The van der Waals surface area contributed by atoms with Crippen molar-refractivity contribution in [3.05, 3.63) is 0 Å². The van der Waals surface area contributed by atoms with Gasteiger partial charge in [0, 0.05) is 14.2 Å². The zero-order valence-corrected chi connectivity index (χ0v) is 9.69. The van der Waals surface area contributed by atoms with Gasteiger partial charge in [0.15, 0.2) is 0 Å². The molecule has 0 aliphatic carbocycles. The highest BCUT2D eigenvalue weighted by Crippen LogP contribution is 1.87. The van der Waals surface area contributed by atoms with E-state index in [9.17, 15) is 0 Å². The van der Waals surface area contributed by atoms with Crippen LogP contribution < -0.4 is 0 Å². The minimum atomic E-state index is -0.273. The van der Waals surface area contributed by atoms with Crippen LogP contribution in [-0.2, 0) is 9.47 Å². The van der Waals surface area contributed by atoms with Crippen molar-refractivity contribution in [2.45, 2.75) is 53.8 Å². The van der Waals surface area contributed by atoms with Crippen molar-refractivity contribution in [1.29, 1.82) is 0 Å². The predicted molar refractivity (Wildman–Crippen MR) is 69.8 cm³/mol. The van der Waals surface area contributed by atoms with Gasteiger partial charge in [-0.15, -0.1) is 0 Å². The number of rotatable bonds is 6. The number of methoxy groups -OCH3 is 2. The molecule has 4 nitrogen and oxygen atoms in total. The van der Waals surface area contributed by atoms with Gasteiger partial charge in [-0.25, -0.2) is 0 Å². The van der Waals surface area contributed by atoms with E-state index < -0.39 is 0 Å². The molecule has 0 bridgehead atoms. The Morgan fingerprint density at radius 2 is 1.06 bits per heavy atom. The number of ether oxygens (including phenoxy) is 2. The summed E-state index contributed by atoms with van der Waals surface area (Å²) in [6.07, 6.45) is 0.997. The zero-order valence-electron chi connectivity index (χ0n) is 9.69. The molecule has 0 amide bonds. The Balaban J connectivity index is -0.0000000800. The first-order valence-corrected chi connectivity index (χ1v) is 4.96. The lowest BCUT2D eigenvalue weighted by Crippen LogP contribution is -2.11. The molecule has 2 N–H and O–H groups in total. The topological polar surface area (TPSA) is 58.9 Å². The third-order valence-corrected chi connectivity index (χ3v) is 1.66. The summed E-state index contributed by atoms with van der Waals surface area (Å²) in [6, 6.07) is 0. The molecule has 104 valence electrons. The van der Waals surface area contributed by atoms with Crippen LogP contribution in [0.2, 0.25) is 0 Å². The van der Waals surface area contributed by atoms with Crippen molar-refractivity contribution in [3.8, 4) is 0 Å². The van der Waals surface area contributed by atoms with E-state index in [0.29, 0.717) is 13.2 Å². The largest absolute Gasteiger partial charge is 0.391 e. The number of aliphatic hydroxyl groups excluding tert-OH is 2. The molecule has 2 atom stereocenters. The van der Waals surface area contributed by atoms with Crippen molar-refractivity contribution in [2.75, 3.05) is 27.4 Å². The summed E-state index contributed by atoms with van der Waals surface area (Å²) in [4.78, 5) is 0. The van der Waals surface area contributed by atoms with Crippen LogP contribution in [0.4, 0.5) is 0 Å². The summed E-state index contributed by atoms with van der Waals surface area (Å²) in [5, 5.41) is 17.5. The standard InChI is InChI=1S/2C5H12O2.2CH4/c2*1-3-5(6)4-7-2;;/h2*5-6H,3-4H2,1-2H3;2*1H4/t2*5-;;/m10../s1. The molecule has 0 saturated heterocycles. The van der Waals surface area contributed by atoms with Gasteiger partial charge < -0.3 is 19.7 Å². The maximum absolute atomic E-state index is 8.73. The third kappa shape index (κ3) is 23.6. The van der Waals surface area contributed by atoms with Gasteiger partial charge in [-0.1, -0.05) is 28.7 Å². The third-order valence-electron chi connectivity index (χ3n) is 1.66. The van der Waals surface area contributed by atoms with Crippen LogP contribution in [0, 0.1) is 0 Å². The Morgan fingerprint density at radius 1 is 0.812 bits per heavy atom. The molecule has 0 saturated carbocycles. The smallest absolute Gasteiger partial charge is 0.0770 e. The fourth-order valence-corrected chi connectivity index (χ4v) is 0.620. The molecule has 0 aromatic heterocycles. The van der Waals surface area contributed by atoms with Crippen LogP contribution in [-0.4, -0.2) is 49.9 Å². The molecule has 0 unspecified atom stereocenters. The molecule has 0 heterocycles. The summed E-state index contributed by atoms with van der Waals surface area (Å²) in [6.45, 7) is 4.75. The Labute approximate surface area is 102 Å². The average molecular weight is 240 g/mol. The number of hydrogen-bond acceptors (Lipinski definition) is 4. The van der Waals surface area contributed by atoms with E-state index in [1.165, 1.54) is 0 Å². The number of aliphatic hydroxyl groups is 2. The molecule has 4 heteroatoms. The molecule has 0 fully saturated rings. The van der Waals surface area contributed by atoms with Crippen LogP contribution >= 0.6 is 0 Å². The summed E-state index contributed by atoms with van der Waals surface area (Å²) < 4.78 is 9.29. The van der Waals surface area contributed by atoms with Crippen molar-refractivity contribution in [2.24, 2.45) is 0 Å². The lowest BCUT2D eigenvalue weighted by Gasteiger charge is -2.02. The summed E-state index contributed by atoms with van der Waals surface area (Å²) in [5.41, 5.74) is 0. The second kappa shape index (κ2) is 20.3. The SMILES string of the molecule is C.C.CC[C@@H](O)COC.CC[C@H](O)COC. The van der Waals surface area contributed by atoms with Gasteiger partial charge in [-0.2, -0.15) is 0 Å². The first-order valence-electron chi connectivity index (χ1n) is 4.96. The molecule has 16 heavy (non-hydrogen) atoms. The van der Waals surface area contributed by atoms with E-state index >= 15 is 0 Å². The van der Waals surface area contributed by atoms with Gasteiger partial charge >= 0.3 is 0 Å². The minimum absolute atomic E-state index is 0. The Hall–Kier alpha value is -0.160. The fraction of sp³-hybridized carbons (Fsp3) is 1.00.